The van der Waals surface area contributed by atoms with Crippen molar-refractivity contribution in [1.82, 2.24) is 0 Å². The van der Waals surface area contributed by atoms with E-state index in [1.165, 1.54) is 230 Å². The molecule has 4 rings (SSSR count). The normalized spacial score (nSPS) is 11.4. The summed E-state index contributed by atoms with van der Waals surface area (Å²) in [4.78, 5) is 54.0. The van der Waals surface area contributed by atoms with E-state index in [0.29, 0.717) is 11.4 Å². The number of anilines is 2. The Kier molecular flexibility index (Phi) is 33.4. The van der Waals surface area contributed by atoms with Crippen molar-refractivity contribution in [1.29, 1.82) is 0 Å². The van der Waals surface area contributed by atoms with Crippen molar-refractivity contribution >= 4 is 77.8 Å². The summed E-state index contributed by atoms with van der Waals surface area (Å²) in [5.74, 6) is -4.05. The molecule has 0 bridgehead atoms. The summed E-state index contributed by atoms with van der Waals surface area (Å²) in [6.07, 6.45) is 50.1. The van der Waals surface area contributed by atoms with E-state index < -0.39 is 23.8 Å². The van der Waals surface area contributed by atoms with E-state index in [-0.39, 0.29) is 42.0 Å². The molecule has 0 atom stereocenters. The SMILES string of the molecule is CCCCCCCCCCCCCCCCCCCCc1ccc(NC(=O)c2cc(Br)c(C(=O)Nc3ccc(CCCCCCCCCCCCCCCCCCCC)cc3)c3c(C(=O)O)cc(Br)c(C(=O)O)c23)cc1. The number of carbonyl (C=O) groups is 4. The Bertz CT molecular complexity index is 2290. The van der Waals surface area contributed by atoms with Crippen molar-refractivity contribution in [3.63, 3.8) is 0 Å². The highest BCUT2D eigenvalue weighted by molar-refractivity contribution is 9.10. The van der Waals surface area contributed by atoms with Crippen LogP contribution in [0.3, 0.4) is 0 Å². The van der Waals surface area contributed by atoms with Crippen LogP contribution in [0.15, 0.2) is 69.6 Å². The van der Waals surface area contributed by atoms with E-state index in [1.807, 2.05) is 48.5 Å². The van der Waals surface area contributed by atoms with Crippen molar-refractivity contribution in [3.8, 4) is 0 Å². The maximum absolute atomic E-state index is 14.2. The first kappa shape index (κ1) is 64.5. The zero-order chi connectivity index (χ0) is 54.6. The van der Waals surface area contributed by atoms with Gasteiger partial charge in [0.2, 0.25) is 0 Å². The summed E-state index contributed by atoms with van der Waals surface area (Å²) in [7, 11) is 0. The monoisotopic (exact) mass is 1170 g/mol. The van der Waals surface area contributed by atoms with Crippen LogP contribution in [0.2, 0.25) is 0 Å². The van der Waals surface area contributed by atoms with Crippen molar-refractivity contribution in [2.75, 3.05) is 10.6 Å². The van der Waals surface area contributed by atoms with Gasteiger partial charge in [-0.1, -0.05) is 256 Å². The minimum absolute atomic E-state index is 0.0260. The van der Waals surface area contributed by atoms with Crippen molar-refractivity contribution < 1.29 is 29.4 Å². The van der Waals surface area contributed by atoms with E-state index in [2.05, 4.69) is 56.3 Å². The third-order valence-electron chi connectivity index (χ3n) is 15.3. The van der Waals surface area contributed by atoms with Crippen LogP contribution in [0.25, 0.3) is 10.8 Å². The molecule has 2 amide bonds. The highest BCUT2D eigenvalue weighted by Gasteiger charge is 2.30. The van der Waals surface area contributed by atoms with Crippen molar-refractivity contribution in [2.45, 2.75) is 258 Å². The second-order valence-corrected chi connectivity index (χ2v) is 23.5. The van der Waals surface area contributed by atoms with Crippen LogP contribution >= 0.6 is 31.9 Å². The molecule has 10 heteroatoms. The van der Waals surface area contributed by atoms with Gasteiger partial charge in [-0.2, -0.15) is 0 Å². The highest BCUT2D eigenvalue weighted by Crippen LogP contribution is 2.39. The number of unbranched alkanes of at least 4 members (excludes halogenated alkanes) is 34. The Morgan fingerprint density at radius 3 is 0.947 bits per heavy atom. The summed E-state index contributed by atoms with van der Waals surface area (Å²) in [5, 5.41) is 26.4. The van der Waals surface area contributed by atoms with Crippen LogP contribution in [0.5, 0.6) is 0 Å². The first-order valence-corrected chi connectivity index (χ1v) is 31.9. The lowest BCUT2D eigenvalue weighted by atomic mass is 9.90. The van der Waals surface area contributed by atoms with Gasteiger partial charge < -0.3 is 20.8 Å². The molecule has 420 valence electrons. The average Bonchev–Trinajstić information content (AvgIpc) is 3.42. The number of aromatic carboxylic acids is 2. The summed E-state index contributed by atoms with van der Waals surface area (Å²) in [6, 6.07) is 17.8. The number of carboxylic acid groups (broad SMARTS) is 2. The van der Waals surface area contributed by atoms with Gasteiger partial charge in [-0.15, -0.1) is 0 Å². The molecule has 4 aromatic carbocycles. The van der Waals surface area contributed by atoms with Crippen molar-refractivity contribution in [2.24, 2.45) is 0 Å². The number of amides is 2. The molecule has 76 heavy (non-hydrogen) atoms. The average molecular weight is 1170 g/mol. The predicted molar refractivity (Wildman–Crippen MR) is 327 cm³/mol. The molecular weight excluding hydrogens is 1080 g/mol. The zero-order valence-corrected chi connectivity index (χ0v) is 50.1. The lowest BCUT2D eigenvalue weighted by Crippen LogP contribution is -2.19. The van der Waals surface area contributed by atoms with Gasteiger partial charge in [0.05, 0.1) is 16.7 Å². The quantitative estimate of drug-likeness (QED) is 0.0326. The maximum Gasteiger partial charge on any atom is 0.337 e. The van der Waals surface area contributed by atoms with Crippen LogP contribution < -0.4 is 10.6 Å². The lowest BCUT2D eigenvalue weighted by molar-refractivity contribution is 0.0683. The Labute approximate surface area is 475 Å². The number of rotatable bonds is 44. The number of fused-ring (bicyclic) bond motifs is 1. The lowest BCUT2D eigenvalue weighted by Gasteiger charge is -2.18. The van der Waals surface area contributed by atoms with E-state index in [0.717, 1.165) is 36.8 Å². The predicted octanol–water partition coefficient (Wildman–Crippen LogP) is 21.4. The topological polar surface area (TPSA) is 133 Å². The largest absolute Gasteiger partial charge is 0.478 e. The fraction of sp³-hybridized carbons (Fsp3) is 0.606. The number of hydrogen-bond donors (Lipinski definition) is 4. The van der Waals surface area contributed by atoms with Gasteiger partial charge in [-0.05, 0) is 105 Å². The Morgan fingerprint density at radius 2 is 0.632 bits per heavy atom. The maximum atomic E-state index is 14.2. The van der Waals surface area contributed by atoms with E-state index in [9.17, 15) is 29.4 Å². The standard InChI is InChI=1S/C66H96Br2N2O6/c1-3-5-7-9-11-13-15-17-19-21-23-25-27-29-31-33-35-37-39-51-41-45-53(46-42-51)69-63(71)55-49-57(67)61(60-56(65(73)74)50-58(68)62(59(55)60)66(75)76)64(72)70-54-47-43-52(44-48-54)40-38-36-34-32-30-28-26-24-22-20-18-16-14-12-10-8-6-4-2/h41-50H,3-40H2,1-2H3,(H,69,71)(H,70,72)(H,73,74)(H,75,76). The van der Waals surface area contributed by atoms with Crippen LogP contribution in [-0.4, -0.2) is 34.0 Å². The highest BCUT2D eigenvalue weighted by atomic mass is 79.9. The van der Waals surface area contributed by atoms with Crippen LogP contribution in [-0.2, 0) is 12.8 Å². The molecule has 0 fully saturated rings. The van der Waals surface area contributed by atoms with Gasteiger partial charge in [-0.3, -0.25) is 9.59 Å². The van der Waals surface area contributed by atoms with Crippen LogP contribution in [0.4, 0.5) is 11.4 Å². The molecule has 0 unspecified atom stereocenters. The molecule has 4 N–H and O–H groups in total. The summed E-state index contributed by atoms with van der Waals surface area (Å²) in [5.41, 5.74) is 2.51. The Balaban J connectivity index is 1.22. The first-order chi connectivity index (χ1) is 37.0. The molecule has 0 spiro atoms. The summed E-state index contributed by atoms with van der Waals surface area (Å²) in [6.45, 7) is 4.55. The second kappa shape index (κ2) is 39.4. The number of carboxylic acids is 2. The molecule has 0 radical (unpaired) electrons. The molecule has 0 aliphatic carbocycles. The zero-order valence-electron chi connectivity index (χ0n) is 46.9. The van der Waals surface area contributed by atoms with Gasteiger partial charge in [-0.25, -0.2) is 9.59 Å². The van der Waals surface area contributed by atoms with Gasteiger partial charge in [0.25, 0.3) is 11.8 Å². The molecule has 8 nitrogen and oxygen atoms in total. The fourth-order valence-corrected chi connectivity index (χ4v) is 11.9. The number of halogens is 2. The van der Waals surface area contributed by atoms with Gasteiger partial charge >= 0.3 is 11.9 Å². The van der Waals surface area contributed by atoms with E-state index in [4.69, 9.17) is 0 Å². The van der Waals surface area contributed by atoms with E-state index >= 15 is 0 Å². The number of hydrogen-bond acceptors (Lipinski definition) is 4. The number of nitrogens with one attached hydrogen (secondary N) is 2. The van der Waals surface area contributed by atoms with Crippen LogP contribution in [0, 0.1) is 0 Å². The van der Waals surface area contributed by atoms with Gasteiger partial charge in [0, 0.05) is 36.7 Å². The summed E-state index contributed by atoms with van der Waals surface area (Å²) >= 11 is 6.75. The third kappa shape index (κ3) is 24.8. The molecule has 0 saturated heterocycles. The Morgan fingerprint density at radius 1 is 0.355 bits per heavy atom. The Hall–Kier alpha value is -4.02. The van der Waals surface area contributed by atoms with E-state index in [1.54, 1.807) is 0 Å². The van der Waals surface area contributed by atoms with Crippen LogP contribution in [0.1, 0.15) is 298 Å². The smallest absolute Gasteiger partial charge is 0.337 e. The number of aryl methyl sites for hydroxylation is 2. The van der Waals surface area contributed by atoms with Gasteiger partial charge in [0.15, 0.2) is 0 Å². The van der Waals surface area contributed by atoms with Crippen molar-refractivity contribution in [3.05, 3.63) is 103 Å². The molecule has 0 aliphatic heterocycles. The third-order valence-corrected chi connectivity index (χ3v) is 16.5. The molecule has 0 aliphatic rings. The fourth-order valence-electron chi connectivity index (χ4n) is 10.7. The van der Waals surface area contributed by atoms with Gasteiger partial charge in [0.1, 0.15) is 0 Å². The minimum Gasteiger partial charge on any atom is -0.478 e. The number of benzene rings is 4. The molecular formula is C66H96Br2N2O6. The summed E-state index contributed by atoms with van der Waals surface area (Å²) < 4.78 is 0.121. The molecule has 0 aromatic heterocycles. The molecule has 4 aromatic rings. The second-order valence-electron chi connectivity index (χ2n) is 21.7. The molecule has 0 heterocycles. The minimum atomic E-state index is -1.38. The first-order valence-electron chi connectivity index (χ1n) is 30.3. The molecule has 0 saturated carbocycles. The number of carbonyl (C=O) groups excluding carboxylic acids is 2.